The van der Waals surface area contributed by atoms with Crippen LogP contribution in [0.5, 0.6) is 0 Å². The molecule has 1 amide bonds. The molecule has 366 valence electrons. The summed E-state index contributed by atoms with van der Waals surface area (Å²) in [7, 11) is 0. The highest BCUT2D eigenvalue weighted by Crippen LogP contribution is 2.18. The first-order chi connectivity index (χ1) is 31.0. The van der Waals surface area contributed by atoms with Crippen LogP contribution in [-0.4, -0.2) is 46.9 Å². The highest BCUT2D eigenvalue weighted by molar-refractivity contribution is 5.77. The van der Waals surface area contributed by atoms with Gasteiger partial charge < -0.3 is 20.3 Å². The highest BCUT2D eigenvalue weighted by atomic mass is 16.5. The lowest BCUT2D eigenvalue weighted by Crippen LogP contribution is -2.46. The van der Waals surface area contributed by atoms with Gasteiger partial charge in [0.2, 0.25) is 5.91 Å². The van der Waals surface area contributed by atoms with E-state index in [1.807, 2.05) is 0 Å². The number of carbonyl (C=O) groups is 2. The normalized spacial score (nSPS) is 13.7. The molecule has 0 aromatic carbocycles. The van der Waals surface area contributed by atoms with Crippen molar-refractivity contribution in [3.05, 3.63) is 60.8 Å². The van der Waals surface area contributed by atoms with E-state index in [9.17, 15) is 19.8 Å². The molecule has 0 aromatic heterocycles. The van der Waals surface area contributed by atoms with Crippen LogP contribution in [0.25, 0.3) is 0 Å². The van der Waals surface area contributed by atoms with Crippen LogP contribution in [0.2, 0.25) is 0 Å². The monoisotopic (exact) mass is 882 g/mol. The van der Waals surface area contributed by atoms with Gasteiger partial charge in [-0.25, -0.2) is 0 Å². The SMILES string of the molecule is CC/C=C\C/C=C\C/C=C\C/C=C\C/C=C\CCCCCC(=O)OC(CCCCCCCCCC)CC(=O)NC(CO)C(O)CCCCCCCCCCCCCCCCCCC. The third-order valence-corrected chi connectivity index (χ3v) is 12.1. The summed E-state index contributed by atoms with van der Waals surface area (Å²) < 4.78 is 5.90. The summed E-state index contributed by atoms with van der Waals surface area (Å²) in [6.45, 7) is 6.36. The lowest BCUT2D eigenvalue weighted by molar-refractivity contribution is -0.151. The minimum Gasteiger partial charge on any atom is -0.462 e. The van der Waals surface area contributed by atoms with Crippen molar-refractivity contribution < 1.29 is 24.5 Å². The van der Waals surface area contributed by atoms with Crippen LogP contribution in [0.3, 0.4) is 0 Å². The van der Waals surface area contributed by atoms with Crippen LogP contribution < -0.4 is 5.32 Å². The predicted molar refractivity (Wildman–Crippen MR) is 273 cm³/mol. The molecule has 0 saturated heterocycles. The van der Waals surface area contributed by atoms with E-state index in [0.717, 1.165) is 96.3 Å². The molecule has 3 N–H and O–H groups in total. The van der Waals surface area contributed by atoms with Crippen LogP contribution in [0, 0.1) is 0 Å². The number of aliphatic hydroxyl groups is 2. The maximum atomic E-state index is 13.2. The van der Waals surface area contributed by atoms with E-state index in [0.29, 0.717) is 19.3 Å². The Bertz CT molecular complexity index is 1130. The number of esters is 1. The van der Waals surface area contributed by atoms with Gasteiger partial charge >= 0.3 is 5.97 Å². The van der Waals surface area contributed by atoms with E-state index in [1.165, 1.54) is 122 Å². The van der Waals surface area contributed by atoms with E-state index in [1.54, 1.807) is 0 Å². The summed E-state index contributed by atoms with van der Waals surface area (Å²) in [5.41, 5.74) is 0. The van der Waals surface area contributed by atoms with Gasteiger partial charge in [0.25, 0.3) is 0 Å². The second-order valence-corrected chi connectivity index (χ2v) is 18.3. The zero-order valence-electron chi connectivity index (χ0n) is 41.7. The molecule has 3 unspecified atom stereocenters. The van der Waals surface area contributed by atoms with E-state index in [-0.39, 0.29) is 24.9 Å². The molecule has 63 heavy (non-hydrogen) atoms. The fourth-order valence-electron chi connectivity index (χ4n) is 8.05. The smallest absolute Gasteiger partial charge is 0.306 e. The third kappa shape index (κ3) is 45.9. The van der Waals surface area contributed by atoms with E-state index in [2.05, 4.69) is 86.8 Å². The van der Waals surface area contributed by atoms with E-state index >= 15 is 0 Å². The fraction of sp³-hybridized carbons (Fsp3) is 0.789. The number of ether oxygens (including phenoxy) is 1. The van der Waals surface area contributed by atoms with Crippen molar-refractivity contribution in [2.24, 2.45) is 0 Å². The number of allylic oxidation sites excluding steroid dienone is 10. The molecule has 0 heterocycles. The predicted octanol–water partition coefficient (Wildman–Crippen LogP) is 16.4. The maximum Gasteiger partial charge on any atom is 0.306 e. The molecular weight excluding hydrogens is 779 g/mol. The summed E-state index contributed by atoms with van der Waals surface area (Å²) in [6, 6.07) is -0.707. The van der Waals surface area contributed by atoms with Crippen molar-refractivity contribution in [2.75, 3.05) is 6.61 Å². The molecule has 0 radical (unpaired) electrons. The number of unbranched alkanes of at least 4 members (excludes halogenated alkanes) is 26. The first-order valence-corrected chi connectivity index (χ1v) is 27.0. The second-order valence-electron chi connectivity index (χ2n) is 18.3. The van der Waals surface area contributed by atoms with Crippen molar-refractivity contribution in [1.82, 2.24) is 5.32 Å². The molecule has 0 spiro atoms. The number of rotatable bonds is 48. The molecule has 0 aliphatic rings. The molecular formula is C57H103NO5. The minimum absolute atomic E-state index is 0.0641. The van der Waals surface area contributed by atoms with Gasteiger partial charge in [-0.15, -0.1) is 0 Å². The maximum absolute atomic E-state index is 13.2. The molecule has 0 aliphatic carbocycles. The summed E-state index contributed by atoms with van der Waals surface area (Å²) in [5, 5.41) is 23.8. The van der Waals surface area contributed by atoms with Gasteiger partial charge in [-0.05, 0) is 70.6 Å². The van der Waals surface area contributed by atoms with Gasteiger partial charge in [-0.2, -0.15) is 0 Å². The number of nitrogens with one attached hydrogen (secondary N) is 1. The standard InChI is InChI=1S/C57H103NO5/c1-4-7-10-13-16-19-21-23-25-27-28-30-32-34-36-38-41-44-47-50-57(62)63-53(48-45-42-39-18-15-12-9-6-3)51-56(61)58-54(52-59)55(60)49-46-43-40-37-35-33-31-29-26-24-22-20-17-14-11-8-5-2/h7,10,16,19,23,25,28,30,34,36,53-55,59-60H,4-6,8-9,11-15,17-18,20-22,24,26-27,29,31-33,35,37-52H2,1-3H3,(H,58,61)/b10-7-,19-16-,25-23-,30-28-,36-34-. The van der Waals surface area contributed by atoms with E-state index < -0.39 is 18.2 Å². The Balaban J connectivity index is 4.42. The highest BCUT2D eigenvalue weighted by Gasteiger charge is 2.24. The van der Waals surface area contributed by atoms with Gasteiger partial charge in [0.15, 0.2) is 0 Å². The van der Waals surface area contributed by atoms with Crippen LogP contribution in [0.4, 0.5) is 0 Å². The average molecular weight is 882 g/mol. The van der Waals surface area contributed by atoms with Crippen LogP contribution in [0.15, 0.2) is 60.8 Å². The van der Waals surface area contributed by atoms with Crippen LogP contribution in [0.1, 0.15) is 265 Å². The lowest BCUT2D eigenvalue weighted by atomic mass is 10.0. The summed E-state index contributed by atoms with van der Waals surface area (Å²) in [5.74, 6) is -0.510. The molecule has 0 fully saturated rings. The minimum atomic E-state index is -0.793. The van der Waals surface area contributed by atoms with Crippen LogP contribution in [-0.2, 0) is 14.3 Å². The molecule has 6 heteroatoms. The Labute approximate surface area is 390 Å². The van der Waals surface area contributed by atoms with Gasteiger partial charge in [-0.1, -0.05) is 242 Å². The average Bonchev–Trinajstić information content (AvgIpc) is 3.28. The van der Waals surface area contributed by atoms with Gasteiger partial charge in [0, 0.05) is 6.42 Å². The number of carbonyl (C=O) groups excluding carboxylic acids is 2. The first kappa shape index (κ1) is 60.6. The third-order valence-electron chi connectivity index (χ3n) is 12.1. The Morgan fingerprint density at radius 1 is 0.476 bits per heavy atom. The molecule has 0 aromatic rings. The molecule has 0 aliphatic heterocycles. The largest absolute Gasteiger partial charge is 0.462 e. The molecule has 0 rings (SSSR count). The quantitative estimate of drug-likeness (QED) is 0.0321. The number of amides is 1. The van der Waals surface area contributed by atoms with Crippen molar-refractivity contribution in [3.8, 4) is 0 Å². The van der Waals surface area contributed by atoms with Gasteiger partial charge in [0.1, 0.15) is 6.10 Å². The zero-order valence-corrected chi connectivity index (χ0v) is 41.7. The Hall–Kier alpha value is -2.44. The molecule has 6 nitrogen and oxygen atoms in total. The van der Waals surface area contributed by atoms with Crippen molar-refractivity contribution in [2.45, 2.75) is 283 Å². The summed E-state index contributed by atoms with van der Waals surface area (Å²) in [6.07, 6.45) is 62.9. The number of aliphatic hydroxyl groups excluding tert-OH is 2. The number of hydrogen-bond donors (Lipinski definition) is 3. The Morgan fingerprint density at radius 3 is 1.29 bits per heavy atom. The molecule has 0 saturated carbocycles. The Kier molecular flexibility index (Phi) is 48.6. The lowest BCUT2D eigenvalue weighted by Gasteiger charge is -2.24. The summed E-state index contributed by atoms with van der Waals surface area (Å²) in [4.78, 5) is 26.1. The van der Waals surface area contributed by atoms with E-state index in [4.69, 9.17) is 4.74 Å². The van der Waals surface area contributed by atoms with Gasteiger partial charge in [0.05, 0.1) is 25.2 Å². The van der Waals surface area contributed by atoms with Crippen LogP contribution >= 0.6 is 0 Å². The zero-order chi connectivity index (χ0) is 45.9. The number of hydrogen-bond acceptors (Lipinski definition) is 5. The van der Waals surface area contributed by atoms with Gasteiger partial charge in [-0.3, -0.25) is 9.59 Å². The Morgan fingerprint density at radius 2 is 0.857 bits per heavy atom. The fourth-order valence-corrected chi connectivity index (χ4v) is 8.05. The topological polar surface area (TPSA) is 95.9 Å². The molecule has 3 atom stereocenters. The second kappa shape index (κ2) is 50.6. The first-order valence-electron chi connectivity index (χ1n) is 27.0. The van der Waals surface area contributed by atoms with Crippen molar-refractivity contribution in [1.29, 1.82) is 0 Å². The van der Waals surface area contributed by atoms with Crippen molar-refractivity contribution >= 4 is 11.9 Å². The molecule has 0 bridgehead atoms. The summed E-state index contributed by atoms with van der Waals surface area (Å²) >= 11 is 0. The van der Waals surface area contributed by atoms with Crippen molar-refractivity contribution in [3.63, 3.8) is 0 Å².